The minimum absolute atomic E-state index is 0.214. The lowest BCUT2D eigenvalue weighted by Crippen LogP contribution is -2.21. The number of rotatable bonds is 1. The molecule has 0 amide bonds. The number of Topliss-reactive ketones (excluding diaryl/α,β-unsaturated/α-hetero) is 1. The number of aryl methyl sites for hydroxylation is 1. The van der Waals surface area contributed by atoms with E-state index in [1.807, 2.05) is 13.0 Å². The number of fused-ring (bicyclic) bond motifs is 1. The smallest absolute Gasteiger partial charge is 0.165 e. The maximum atomic E-state index is 12.3. The van der Waals surface area contributed by atoms with Gasteiger partial charge in [-0.1, -0.05) is 0 Å². The molecule has 2 heterocycles. The van der Waals surface area contributed by atoms with Crippen LogP contribution in [-0.4, -0.2) is 10.8 Å². The van der Waals surface area contributed by atoms with Crippen molar-refractivity contribution in [3.05, 3.63) is 48.3 Å². The van der Waals surface area contributed by atoms with Gasteiger partial charge in [0.1, 0.15) is 0 Å². The predicted octanol–water partition coefficient (Wildman–Crippen LogP) is 4.89. The first-order valence-electron chi connectivity index (χ1n) is 5.98. The summed E-state index contributed by atoms with van der Waals surface area (Å²) < 4.78 is 2.19. The molecule has 0 fully saturated rings. The second-order valence-electron chi connectivity index (χ2n) is 4.76. The van der Waals surface area contributed by atoms with Gasteiger partial charge in [0.25, 0.3) is 0 Å². The summed E-state index contributed by atoms with van der Waals surface area (Å²) >= 11 is 8.73. The molecule has 3 rings (SSSR count). The number of hydrogen-bond donors (Lipinski definition) is 0. The average Bonchev–Trinajstić information content (AvgIpc) is 2.68. The van der Waals surface area contributed by atoms with E-state index in [1.165, 1.54) is 5.56 Å². The quantitative estimate of drug-likeness (QED) is 0.682. The molecule has 0 saturated heterocycles. The van der Waals surface area contributed by atoms with Gasteiger partial charge >= 0.3 is 0 Å². The van der Waals surface area contributed by atoms with E-state index in [0.717, 1.165) is 30.8 Å². The van der Waals surface area contributed by atoms with Crippen LogP contribution in [0.2, 0.25) is 0 Å². The molecular weight excluding hydrogens is 390 g/mol. The zero-order chi connectivity index (χ0) is 13.6. The largest absolute Gasteiger partial charge is 0.294 e. The van der Waals surface area contributed by atoms with Crippen molar-refractivity contribution in [1.29, 1.82) is 0 Å². The Hall–Kier alpha value is -0.520. The highest BCUT2D eigenvalue weighted by atomic mass is 79.9. The Labute approximate surface area is 132 Å². The first-order valence-corrected chi connectivity index (χ1v) is 8.39. The summed E-state index contributed by atoms with van der Waals surface area (Å²) in [5.74, 6) is 0.442. The number of carbonyl (C=O) groups excluding carboxylic acids is 1. The SMILES string of the molecule is Cc1ccnc2c1C(=O)CC(c1cc(Br)sc1Br)C2. The maximum absolute atomic E-state index is 12.3. The van der Waals surface area contributed by atoms with E-state index in [2.05, 4.69) is 42.9 Å². The van der Waals surface area contributed by atoms with Gasteiger partial charge in [0.2, 0.25) is 0 Å². The van der Waals surface area contributed by atoms with Gasteiger partial charge in [-0.05, 0) is 74.4 Å². The van der Waals surface area contributed by atoms with E-state index >= 15 is 0 Å². The van der Waals surface area contributed by atoms with Gasteiger partial charge in [0.15, 0.2) is 5.78 Å². The van der Waals surface area contributed by atoms with Crippen LogP contribution < -0.4 is 0 Å². The Balaban J connectivity index is 2.02. The summed E-state index contributed by atoms with van der Waals surface area (Å²) in [6.07, 6.45) is 3.20. The molecule has 0 radical (unpaired) electrons. The summed E-state index contributed by atoms with van der Waals surface area (Å²) in [5.41, 5.74) is 4.03. The lowest BCUT2D eigenvalue weighted by Gasteiger charge is -2.23. The summed E-state index contributed by atoms with van der Waals surface area (Å²) in [6.45, 7) is 1.98. The Morgan fingerprint density at radius 3 is 2.84 bits per heavy atom. The fourth-order valence-corrected chi connectivity index (χ4v) is 5.68. The molecule has 5 heteroatoms. The molecule has 0 saturated carbocycles. The molecule has 19 heavy (non-hydrogen) atoms. The first kappa shape index (κ1) is 13.5. The standard InChI is InChI=1S/C14H11Br2NOS/c1-7-2-3-17-10-4-8(5-11(18)13(7)10)9-6-12(15)19-14(9)16/h2-3,6,8H,4-5H2,1H3. The highest BCUT2D eigenvalue weighted by molar-refractivity contribution is 9.12. The van der Waals surface area contributed by atoms with Crippen molar-refractivity contribution in [3.8, 4) is 0 Å². The second-order valence-corrected chi connectivity index (χ2v) is 8.51. The Bertz CT molecular complexity index is 665. The zero-order valence-electron chi connectivity index (χ0n) is 10.2. The predicted molar refractivity (Wildman–Crippen MR) is 84.1 cm³/mol. The number of aromatic nitrogens is 1. The van der Waals surface area contributed by atoms with E-state index < -0.39 is 0 Å². The number of thiophene rings is 1. The van der Waals surface area contributed by atoms with Crippen molar-refractivity contribution in [1.82, 2.24) is 4.98 Å². The summed E-state index contributed by atoms with van der Waals surface area (Å²) in [5, 5.41) is 0. The summed E-state index contributed by atoms with van der Waals surface area (Å²) in [4.78, 5) is 16.7. The number of ketones is 1. The molecular formula is C14H11Br2NOS. The molecule has 98 valence electrons. The molecule has 0 spiro atoms. The lowest BCUT2D eigenvalue weighted by molar-refractivity contribution is 0.0962. The van der Waals surface area contributed by atoms with Crippen molar-refractivity contribution in [2.24, 2.45) is 0 Å². The Morgan fingerprint density at radius 2 is 2.16 bits per heavy atom. The van der Waals surface area contributed by atoms with Crippen LogP contribution in [0.25, 0.3) is 0 Å². The van der Waals surface area contributed by atoms with Crippen LogP contribution in [0.1, 0.15) is 39.5 Å². The first-order chi connectivity index (χ1) is 9.06. The molecule has 0 aromatic carbocycles. The molecule has 2 aromatic rings. The highest BCUT2D eigenvalue weighted by Gasteiger charge is 2.30. The van der Waals surface area contributed by atoms with Crippen LogP contribution in [-0.2, 0) is 6.42 Å². The number of carbonyl (C=O) groups is 1. The van der Waals surface area contributed by atoms with Crippen molar-refractivity contribution in [2.45, 2.75) is 25.7 Å². The van der Waals surface area contributed by atoms with Gasteiger partial charge in [-0.2, -0.15) is 0 Å². The highest BCUT2D eigenvalue weighted by Crippen LogP contribution is 2.41. The van der Waals surface area contributed by atoms with Gasteiger partial charge in [-0.3, -0.25) is 9.78 Å². The molecule has 1 aliphatic rings. The Kier molecular flexibility index (Phi) is 3.62. The summed E-state index contributed by atoms with van der Waals surface area (Å²) in [7, 11) is 0. The van der Waals surface area contributed by atoms with E-state index in [1.54, 1.807) is 17.5 Å². The number of hydrogen-bond acceptors (Lipinski definition) is 3. The third-order valence-electron chi connectivity index (χ3n) is 3.51. The number of pyridine rings is 1. The van der Waals surface area contributed by atoms with E-state index in [9.17, 15) is 4.79 Å². The molecule has 0 aliphatic heterocycles. The third-order valence-corrected chi connectivity index (χ3v) is 5.90. The molecule has 2 aromatic heterocycles. The molecule has 1 unspecified atom stereocenters. The van der Waals surface area contributed by atoms with Crippen LogP contribution in [0.3, 0.4) is 0 Å². The normalized spacial score (nSPS) is 18.5. The van der Waals surface area contributed by atoms with Crippen LogP contribution in [0.15, 0.2) is 25.9 Å². The van der Waals surface area contributed by atoms with Crippen molar-refractivity contribution < 1.29 is 4.79 Å². The van der Waals surface area contributed by atoms with Crippen LogP contribution in [0, 0.1) is 6.92 Å². The monoisotopic (exact) mass is 399 g/mol. The minimum atomic E-state index is 0.214. The van der Waals surface area contributed by atoms with E-state index in [0.29, 0.717) is 6.42 Å². The summed E-state index contributed by atoms with van der Waals surface area (Å²) in [6, 6.07) is 4.02. The lowest BCUT2D eigenvalue weighted by atomic mass is 9.81. The zero-order valence-corrected chi connectivity index (χ0v) is 14.2. The van der Waals surface area contributed by atoms with Crippen molar-refractivity contribution in [3.63, 3.8) is 0 Å². The molecule has 1 aliphatic carbocycles. The molecule has 0 N–H and O–H groups in total. The molecule has 2 nitrogen and oxygen atoms in total. The van der Waals surface area contributed by atoms with Crippen LogP contribution >= 0.6 is 43.2 Å². The van der Waals surface area contributed by atoms with Gasteiger partial charge in [-0.15, -0.1) is 11.3 Å². The second kappa shape index (κ2) is 5.11. The molecule has 1 atom stereocenters. The third kappa shape index (κ3) is 2.43. The van der Waals surface area contributed by atoms with E-state index in [-0.39, 0.29) is 11.7 Å². The fourth-order valence-electron chi connectivity index (χ4n) is 2.63. The topological polar surface area (TPSA) is 30.0 Å². The van der Waals surface area contributed by atoms with Crippen molar-refractivity contribution in [2.75, 3.05) is 0 Å². The van der Waals surface area contributed by atoms with Gasteiger partial charge in [0.05, 0.1) is 13.3 Å². The Morgan fingerprint density at radius 1 is 1.37 bits per heavy atom. The van der Waals surface area contributed by atoms with E-state index in [4.69, 9.17) is 0 Å². The van der Waals surface area contributed by atoms with Gasteiger partial charge in [-0.25, -0.2) is 0 Å². The van der Waals surface area contributed by atoms with Crippen LogP contribution in [0.5, 0.6) is 0 Å². The average molecular weight is 401 g/mol. The minimum Gasteiger partial charge on any atom is -0.294 e. The van der Waals surface area contributed by atoms with Gasteiger partial charge in [0, 0.05) is 18.2 Å². The van der Waals surface area contributed by atoms with Crippen LogP contribution in [0.4, 0.5) is 0 Å². The number of halogens is 2. The molecule has 0 bridgehead atoms. The van der Waals surface area contributed by atoms with Crippen molar-refractivity contribution >= 4 is 49.0 Å². The fraction of sp³-hybridized carbons (Fsp3) is 0.286. The van der Waals surface area contributed by atoms with Gasteiger partial charge < -0.3 is 0 Å². The maximum Gasteiger partial charge on any atom is 0.165 e. The number of nitrogens with zero attached hydrogens (tertiary/aromatic N) is 1.